The fourth-order valence-corrected chi connectivity index (χ4v) is 4.68. The lowest BCUT2D eigenvalue weighted by atomic mass is 9.93. The van der Waals surface area contributed by atoms with E-state index < -0.39 is 0 Å². The first-order valence-corrected chi connectivity index (χ1v) is 13.0. The van der Waals surface area contributed by atoms with Gasteiger partial charge in [-0.2, -0.15) is 0 Å². The maximum Gasteiger partial charge on any atom is 0.254 e. The number of ketones is 1. The van der Waals surface area contributed by atoms with Gasteiger partial charge in [0.05, 0.1) is 26.3 Å². The van der Waals surface area contributed by atoms with Gasteiger partial charge in [-0.15, -0.1) is 12.4 Å². The Bertz CT molecular complexity index is 1240. The second kappa shape index (κ2) is 13.9. The minimum absolute atomic E-state index is 0. The Balaban J connectivity index is 0.00000353. The molecular weight excluding hydrogens is 512 g/mol. The molecular formula is C32H33ClN2O4. The summed E-state index contributed by atoms with van der Waals surface area (Å²) in [6.45, 7) is 5.34. The highest BCUT2D eigenvalue weighted by molar-refractivity contribution is 6.15. The molecule has 5 rings (SSSR count). The molecule has 0 N–H and O–H groups in total. The SMILES string of the molecule is Cl.O=C1C(=Cc2ccccc2)CN(C(=O)c2ccc(OCCN3CCOCC3)cc2)CC1=Cc1ccccc1. The number of nitrogens with zero attached hydrogens (tertiary/aromatic N) is 2. The Morgan fingerprint density at radius 3 is 1.87 bits per heavy atom. The zero-order valence-electron chi connectivity index (χ0n) is 21.8. The molecule has 39 heavy (non-hydrogen) atoms. The summed E-state index contributed by atoms with van der Waals surface area (Å²) in [6, 6.07) is 26.7. The van der Waals surface area contributed by atoms with Gasteiger partial charge in [0.1, 0.15) is 12.4 Å². The fourth-order valence-electron chi connectivity index (χ4n) is 4.68. The fraction of sp³-hybridized carbons (Fsp3) is 0.250. The van der Waals surface area contributed by atoms with Crippen LogP contribution in [0.3, 0.4) is 0 Å². The van der Waals surface area contributed by atoms with Crippen LogP contribution in [0.4, 0.5) is 0 Å². The first-order chi connectivity index (χ1) is 18.7. The van der Waals surface area contributed by atoms with Crippen LogP contribution in [0.1, 0.15) is 21.5 Å². The Morgan fingerprint density at radius 1 is 0.795 bits per heavy atom. The molecule has 0 unspecified atom stereocenters. The molecule has 6 nitrogen and oxygen atoms in total. The summed E-state index contributed by atoms with van der Waals surface area (Å²) in [7, 11) is 0. The highest BCUT2D eigenvalue weighted by Gasteiger charge is 2.29. The van der Waals surface area contributed by atoms with E-state index in [-0.39, 0.29) is 37.2 Å². The molecule has 202 valence electrons. The topological polar surface area (TPSA) is 59.1 Å². The van der Waals surface area contributed by atoms with E-state index in [2.05, 4.69) is 4.90 Å². The van der Waals surface area contributed by atoms with Crippen molar-refractivity contribution in [2.75, 3.05) is 52.5 Å². The molecule has 2 aliphatic rings. The smallest absolute Gasteiger partial charge is 0.254 e. The van der Waals surface area contributed by atoms with Gasteiger partial charge in [-0.25, -0.2) is 0 Å². The van der Waals surface area contributed by atoms with Crippen molar-refractivity contribution in [2.24, 2.45) is 0 Å². The van der Waals surface area contributed by atoms with Gasteiger partial charge in [0, 0.05) is 36.3 Å². The van der Waals surface area contributed by atoms with Gasteiger partial charge in [-0.05, 0) is 47.5 Å². The minimum atomic E-state index is -0.115. The Hall–Kier alpha value is -3.71. The van der Waals surface area contributed by atoms with Crippen LogP contribution in [0.15, 0.2) is 96.1 Å². The molecule has 3 aromatic carbocycles. The summed E-state index contributed by atoms with van der Waals surface area (Å²) in [5, 5.41) is 0. The Labute approximate surface area is 235 Å². The zero-order valence-corrected chi connectivity index (χ0v) is 22.6. The third-order valence-corrected chi connectivity index (χ3v) is 6.76. The van der Waals surface area contributed by atoms with Gasteiger partial charge in [-0.3, -0.25) is 14.5 Å². The van der Waals surface area contributed by atoms with Gasteiger partial charge in [0.15, 0.2) is 5.78 Å². The maximum atomic E-state index is 13.5. The molecule has 0 aromatic heterocycles. The standard InChI is InChI=1S/C32H32N2O4.ClH/c35-31-28(21-25-7-3-1-4-8-25)23-34(24-29(31)22-26-9-5-2-6-10-26)32(36)27-11-13-30(14-12-27)38-20-17-33-15-18-37-19-16-33;/h1-14,21-22H,15-20,23-24H2;1H. The van der Waals surface area contributed by atoms with E-state index in [1.807, 2.05) is 84.9 Å². The lowest BCUT2D eigenvalue weighted by Crippen LogP contribution is -2.41. The molecule has 2 heterocycles. The summed E-state index contributed by atoms with van der Waals surface area (Å²) >= 11 is 0. The molecule has 2 aliphatic heterocycles. The molecule has 0 radical (unpaired) electrons. The van der Waals surface area contributed by atoms with E-state index in [1.165, 1.54) is 0 Å². The van der Waals surface area contributed by atoms with Gasteiger partial charge in [-0.1, -0.05) is 60.7 Å². The molecule has 1 amide bonds. The number of amides is 1. The van der Waals surface area contributed by atoms with Crippen LogP contribution in [0.25, 0.3) is 12.2 Å². The van der Waals surface area contributed by atoms with Crippen molar-refractivity contribution < 1.29 is 19.1 Å². The molecule has 2 fully saturated rings. The summed E-state index contributed by atoms with van der Waals surface area (Å²) < 4.78 is 11.3. The average molecular weight is 545 g/mol. The van der Waals surface area contributed by atoms with E-state index in [1.54, 1.807) is 17.0 Å². The molecule has 0 atom stereocenters. The van der Waals surface area contributed by atoms with E-state index in [4.69, 9.17) is 9.47 Å². The molecule has 2 saturated heterocycles. The van der Waals surface area contributed by atoms with Gasteiger partial charge >= 0.3 is 0 Å². The largest absolute Gasteiger partial charge is 0.492 e. The zero-order chi connectivity index (χ0) is 26.2. The van der Waals surface area contributed by atoms with Crippen LogP contribution >= 0.6 is 12.4 Å². The summed E-state index contributed by atoms with van der Waals surface area (Å²) in [4.78, 5) is 31.0. The van der Waals surface area contributed by atoms with Gasteiger partial charge in [0.2, 0.25) is 0 Å². The third-order valence-electron chi connectivity index (χ3n) is 6.76. The number of ether oxygens (including phenoxy) is 2. The highest BCUT2D eigenvalue weighted by atomic mass is 35.5. The van der Waals surface area contributed by atoms with Crippen LogP contribution in [0, 0.1) is 0 Å². The van der Waals surface area contributed by atoms with Crippen molar-refractivity contribution in [1.82, 2.24) is 9.80 Å². The van der Waals surface area contributed by atoms with Crippen LogP contribution in [0.2, 0.25) is 0 Å². The molecule has 3 aromatic rings. The van der Waals surface area contributed by atoms with E-state index in [0.717, 1.165) is 49.7 Å². The number of hydrogen-bond donors (Lipinski definition) is 0. The van der Waals surface area contributed by atoms with Crippen molar-refractivity contribution >= 4 is 36.2 Å². The van der Waals surface area contributed by atoms with Crippen LogP contribution < -0.4 is 4.74 Å². The van der Waals surface area contributed by atoms with Gasteiger partial charge < -0.3 is 14.4 Å². The molecule has 0 aliphatic carbocycles. The number of likely N-dealkylation sites (tertiary alicyclic amines) is 1. The monoisotopic (exact) mass is 544 g/mol. The van der Waals surface area contributed by atoms with Crippen LogP contribution in [-0.2, 0) is 9.53 Å². The van der Waals surface area contributed by atoms with Crippen LogP contribution in [-0.4, -0.2) is 74.0 Å². The first kappa shape index (κ1) is 28.3. The average Bonchev–Trinajstić information content (AvgIpc) is 2.97. The van der Waals surface area contributed by atoms with Crippen molar-refractivity contribution in [1.29, 1.82) is 0 Å². The predicted molar refractivity (Wildman–Crippen MR) is 156 cm³/mol. The number of benzene rings is 3. The van der Waals surface area contributed by atoms with Crippen molar-refractivity contribution in [3.05, 3.63) is 113 Å². The number of Topliss-reactive ketones (excluding diaryl/α,β-unsaturated/α-hetero) is 1. The van der Waals surface area contributed by atoms with Crippen LogP contribution in [0.5, 0.6) is 5.75 Å². The van der Waals surface area contributed by atoms with Gasteiger partial charge in [0.25, 0.3) is 5.91 Å². The second-order valence-electron chi connectivity index (χ2n) is 9.48. The quantitative estimate of drug-likeness (QED) is 0.391. The third kappa shape index (κ3) is 7.67. The number of carbonyl (C=O) groups excluding carboxylic acids is 2. The lowest BCUT2D eigenvalue weighted by molar-refractivity contribution is -0.113. The van der Waals surface area contributed by atoms with Crippen molar-refractivity contribution in [3.63, 3.8) is 0 Å². The van der Waals surface area contributed by atoms with E-state index in [9.17, 15) is 9.59 Å². The predicted octanol–water partition coefficient (Wildman–Crippen LogP) is 5.01. The first-order valence-electron chi connectivity index (χ1n) is 13.0. The van der Waals surface area contributed by atoms with Crippen molar-refractivity contribution in [3.8, 4) is 5.75 Å². The summed E-state index contributed by atoms with van der Waals surface area (Å²) in [5.74, 6) is 0.596. The number of hydrogen-bond acceptors (Lipinski definition) is 5. The number of halogens is 1. The Morgan fingerprint density at radius 2 is 1.33 bits per heavy atom. The Kier molecular flexibility index (Phi) is 10.1. The normalized spacial score (nSPS) is 18.2. The number of carbonyl (C=O) groups is 2. The lowest BCUT2D eigenvalue weighted by Gasteiger charge is -2.30. The summed E-state index contributed by atoms with van der Waals surface area (Å²) in [5.41, 5.74) is 3.63. The van der Waals surface area contributed by atoms with E-state index >= 15 is 0 Å². The molecule has 0 bridgehead atoms. The molecule has 7 heteroatoms. The number of piperidine rings is 1. The number of morpholine rings is 1. The molecule has 0 saturated carbocycles. The highest BCUT2D eigenvalue weighted by Crippen LogP contribution is 2.24. The molecule has 0 spiro atoms. The maximum absolute atomic E-state index is 13.5. The summed E-state index contributed by atoms with van der Waals surface area (Å²) in [6.07, 6.45) is 3.76. The number of rotatable bonds is 7. The van der Waals surface area contributed by atoms with E-state index in [0.29, 0.717) is 23.3 Å². The van der Waals surface area contributed by atoms with Crippen molar-refractivity contribution in [2.45, 2.75) is 0 Å². The minimum Gasteiger partial charge on any atom is -0.492 e. The second-order valence-corrected chi connectivity index (χ2v) is 9.48.